The van der Waals surface area contributed by atoms with Gasteiger partial charge in [0.05, 0.1) is 0 Å². The summed E-state index contributed by atoms with van der Waals surface area (Å²) in [6.07, 6.45) is 0. The fourth-order valence-electron chi connectivity index (χ4n) is 2.18. The predicted molar refractivity (Wildman–Crippen MR) is 78.0 cm³/mol. The van der Waals surface area contributed by atoms with Gasteiger partial charge in [0.25, 0.3) is 0 Å². The van der Waals surface area contributed by atoms with Crippen molar-refractivity contribution < 1.29 is 0 Å². The quantitative estimate of drug-likeness (QED) is 0.690. The zero-order valence-corrected chi connectivity index (χ0v) is 12.5. The van der Waals surface area contributed by atoms with Crippen LogP contribution in [0.25, 0.3) is 17.0 Å². The summed E-state index contributed by atoms with van der Waals surface area (Å²) in [6, 6.07) is 3.94. The summed E-state index contributed by atoms with van der Waals surface area (Å²) in [4.78, 5) is 4.46. The SMILES string of the molecule is Cc1ccc(-c2nnc3c(C)c(C)c(Cl)nn23)c(C)n1. The lowest BCUT2D eigenvalue weighted by Crippen LogP contribution is -2.01. The standard InChI is InChI=1S/C14H14ClN5/c1-7-5-6-11(10(4)16-7)14-18-17-13-9(3)8(2)12(15)19-20(13)14/h5-6H,1-4H3. The third kappa shape index (κ3) is 1.86. The molecule has 0 unspecified atom stereocenters. The average molecular weight is 288 g/mol. The summed E-state index contributed by atoms with van der Waals surface area (Å²) in [6.45, 7) is 7.81. The molecule has 3 rings (SSSR count). The molecular formula is C14H14ClN5. The molecule has 3 heterocycles. The summed E-state index contributed by atoms with van der Waals surface area (Å²) >= 11 is 6.17. The molecule has 0 amide bonds. The molecule has 0 aliphatic rings. The minimum absolute atomic E-state index is 0.466. The third-order valence-electron chi connectivity index (χ3n) is 3.50. The van der Waals surface area contributed by atoms with Crippen LogP contribution in [0.4, 0.5) is 0 Å². The Hall–Kier alpha value is -2.01. The molecule has 5 nitrogen and oxygen atoms in total. The van der Waals surface area contributed by atoms with E-state index in [1.165, 1.54) is 0 Å². The van der Waals surface area contributed by atoms with Crippen molar-refractivity contribution in [3.63, 3.8) is 0 Å². The molecule has 0 bridgehead atoms. The largest absolute Gasteiger partial charge is 0.258 e. The Kier molecular flexibility index (Phi) is 2.94. The van der Waals surface area contributed by atoms with Crippen LogP contribution in [0.1, 0.15) is 22.5 Å². The predicted octanol–water partition coefficient (Wildman–Crippen LogP) is 3.07. The molecule has 3 aromatic heterocycles. The topological polar surface area (TPSA) is 56.0 Å². The van der Waals surface area contributed by atoms with E-state index < -0.39 is 0 Å². The van der Waals surface area contributed by atoms with Crippen molar-refractivity contribution in [3.05, 3.63) is 39.8 Å². The van der Waals surface area contributed by atoms with Gasteiger partial charge in [0, 0.05) is 22.5 Å². The van der Waals surface area contributed by atoms with Crippen molar-refractivity contribution >= 4 is 17.2 Å². The van der Waals surface area contributed by atoms with Gasteiger partial charge in [-0.25, -0.2) is 0 Å². The molecule has 0 aliphatic heterocycles. The van der Waals surface area contributed by atoms with Gasteiger partial charge in [-0.05, 0) is 45.4 Å². The van der Waals surface area contributed by atoms with Crippen molar-refractivity contribution in [1.82, 2.24) is 24.8 Å². The molecule has 20 heavy (non-hydrogen) atoms. The van der Waals surface area contributed by atoms with E-state index >= 15 is 0 Å². The molecule has 0 aromatic carbocycles. The Morgan fingerprint density at radius 1 is 1.00 bits per heavy atom. The maximum atomic E-state index is 6.17. The average Bonchev–Trinajstić information content (AvgIpc) is 2.80. The first-order chi connectivity index (χ1) is 9.49. The highest BCUT2D eigenvalue weighted by Gasteiger charge is 2.16. The molecule has 0 spiro atoms. The van der Waals surface area contributed by atoms with Crippen molar-refractivity contribution in [2.24, 2.45) is 0 Å². The van der Waals surface area contributed by atoms with Gasteiger partial charge in [0.2, 0.25) is 0 Å². The molecule has 0 fully saturated rings. The summed E-state index contributed by atoms with van der Waals surface area (Å²) in [5, 5.41) is 13.3. The van der Waals surface area contributed by atoms with E-state index in [0.29, 0.717) is 11.0 Å². The molecule has 0 saturated carbocycles. The van der Waals surface area contributed by atoms with Crippen LogP contribution in [-0.2, 0) is 0 Å². The number of aromatic nitrogens is 5. The number of pyridine rings is 1. The fourth-order valence-corrected chi connectivity index (χ4v) is 2.40. The number of fused-ring (bicyclic) bond motifs is 1. The Morgan fingerprint density at radius 2 is 1.75 bits per heavy atom. The van der Waals surface area contributed by atoms with E-state index in [1.54, 1.807) is 4.52 Å². The van der Waals surface area contributed by atoms with Crippen LogP contribution in [0.5, 0.6) is 0 Å². The lowest BCUT2D eigenvalue weighted by atomic mass is 10.1. The molecule has 102 valence electrons. The van der Waals surface area contributed by atoms with Crippen LogP contribution >= 0.6 is 11.6 Å². The van der Waals surface area contributed by atoms with Gasteiger partial charge in [0.1, 0.15) is 0 Å². The second-order valence-electron chi connectivity index (χ2n) is 4.89. The van der Waals surface area contributed by atoms with E-state index in [-0.39, 0.29) is 0 Å². The van der Waals surface area contributed by atoms with Gasteiger partial charge in [0.15, 0.2) is 16.6 Å². The van der Waals surface area contributed by atoms with Gasteiger partial charge in [-0.3, -0.25) is 4.98 Å². The zero-order valence-electron chi connectivity index (χ0n) is 11.8. The molecule has 3 aromatic rings. The van der Waals surface area contributed by atoms with Crippen LogP contribution in [0.15, 0.2) is 12.1 Å². The van der Waals surface area contributed by atoms with Crippen LogP contribution < -0.4 is 0 Å². The van der Waals surface area contributed by atoms with Crippen LogP contribution in [0.2, 0.25) is 5.15 Å². The van der Waals surface area contributed by atoms with Gasteiger partial charge < -0.3 is 0 Å². The van der Waals surface area contributed by atoms with Gasteiger partial charge in [-0.15, -0.1) is 10.2 Å². The fraction of sp³-hybridized carbons (Fsp3) is 0.286. The highest BCUT2D eigenvalue weighted by atomic mass is 35.5. The molecular weight excluding hydrogens is 274 g/mol. The smallest absolute Gasteiger partial charge is 0.187 e. The van der Waals surface area contributed by atoms with Gasteiger partial charge in [-0.1, -0.05) is 11.6 Å². The second-order valence-corrected chi connectivity index (χ2v) is 5.24. The maximum Gasteiger partial charge on any atom is 0.187 e. The Balaban J connectivity index is 2.33. The van der Waals surface area contributed by atoms with Crippen LogP contribution in [0, 0.1) is 27.7 Å². The summed E-state index contributed by atoms with van der Waals surface area (Å²) < 4.78 is 1.68. The highest BCUT2D eigenvalue weighted by Crippen LogP contribution is 2.25. The van der Waals surface area contributed by atoms with Crippen LogP contribution in [0.3, 0.4) is 0 Å². The minimum atomic E-state index is 0.466. The third-order valence-corrected chi connectivity index (χ3v) is 3.86. The second kappa shape index (κ2) is 4.52. The van der Waals surface area contributed by atoms with Crippen LogP contribution in [-0.4, -0.2) is 24.8 Å². The Morgan fingerprint density at radius 3 is 2.45 bits per heavy atom. The maximum absolute atomic E-state index is 6.17. The first-order valence-corrected chi connectivity index (χ1v) is 6.69. The Labute approximate surface area is 121 Å². The lowest BCUT2D eigenvalue weighted by Gasteiger charge is -2.06. The molecule has 0 aliphatic carbocycles. The number of hydrogen-bond acceptors (Lipinski definition) is 4. The number of aryl methyl sites for hydroxylation is 3. The van der Waals surface area contributed by atoms with E-state index in [0.717, 1.165) is 33.7 Å². The molecule has 0 radical (unpaired) electrons. The van der Waals surface area contributed by atoms with Crippen molar-refractivity contribution in [2.45, 2.75) is 27.7 Å². The number of hydrogen-bond donors (Lipinski definition) is 0. The van der Waals surface area contributed by atoms with E-state index in [2.05, 4.69) is 20.3 Å². The molecule has 0 N–H and O–H groups in total. The molecule has 0 saturated heterocycles. The van der Waals surface area contributed by atoms with E-state index in [4.69, 9.17) is 11.6 Å². The van der Waals surface area contributed by atoms with E-state index in [9.17, 15) is 0 Å². The summed E-state index contributed by atoms with van der Waals surface area (Å²) in [7, 11) is 0. The van der Waals surface area contributed by atoms with Gasteiger partial charge >= 0.3 is 0 Å². The summed E-state index contributed by atoms with van der Waals surface area (Å²) in [5.74, 6) is 0.662. The zero-order chi connectivity index (χ0) is 14.4. The van der Waals surface area contributed by atoms with E-state index in [1.807, 2.05) is 39.8 Å². The van der Waals surface area contributed by atoms with Gasteiger partial charge in [-0.2, -0.15) is 9.61 Å². The first kappa shape index (κ1) is 13.0. The molecule has 6 heteroatoms. The number of halogens is 1. The lowest BCUT2D eigenvalue weighted by molar-refractivity contribution is 0.915. The summed E-state index contributed by atoms with van der Waals surface area (Å²) in [5.41, 5.74) is 5.42. The minimum Gasteiger partial charge on any atom is -0.258 e. The normalized spacial score (nSPS) is 11.2. The monoisotopic (exact) mass is 287 g/mol. The highest BCUT2D eigenvalue weighted by molar-refractivity contribution is 6.30. The van der Waals surface area contributed by atoms with Crippen molar-refractivity contribution in [3.8, 4) is 11.4 Å². The number of nitrogens with zero attached hydrogens (tertiary/aromatic N) is 5. The first-order valence-electron chi connectivity index (χ1n) is 6.31. The Bertz CT molecular complexity index is 822. The molecule has 0 atom stereocenters. The van der Waals surface area contributed by atoms with Crippen molar-refractivity contribution in [1.29, 1.82) is 0 Å². The number of rotatable bonds is 1. The van der Waals surface area contributed by atoms with Crippen molar-refractivity contribution in [2.75, 3.05) is 0 Å².